The maximum atomic E-state index is 13.5. The summed E-state index contributed by atoms with van der Waals surface area (Å²) in [6, 6.07) is 14.2. The van der Waals surface area contributed by atoms with Crippen LogP contribution in [0.3, 0.4) is 0 Å². The monoisotopic (exact) mass is 323 g/mol. The van der Waals surface area contributed by atoms with E-state index in [-0.39, 0.29) is 17.6 Å². The first-order valence-corrected chi connectivity index (χ1v) is 8.18. The Hall–Kier alpha value is -2.69. The Bertz CT molecular complexity index is 918. The normalized spacial score (nSPS) is 17.8. The van der Waals surface area contributed by atoms with Gasteiger partial charge in [-0.15, -0.1) is 0 Å². The number of imidazole rings is 1. The van der Waals surface area contributed by atoms with E-state index >= 15 is 0 Å². The fourth-order valence-electron chi connectivity index (χ4n) is 3.51. The highest BCUT2D eigenvalue weighted by atomic mass is 19.1. The zero-order valence-corrected chi connectivity index (χ0v) is 13.4. The minimum Gasteiger partial charge on any atom is -0.328 e. The second-order valence-corrected chi connectivity index (χ2v) is 6.09. The predicted octanol–water partition coefficient (Wildman–Crippen LogP) is 3.72. The number of benzene rings is 2. The van der Waals surface area contributed by atoms with Crippen molar-refractivity contribution in [3.05, 3.63) is 60.2 Å². The van der Waals surface area contributed by atoms with Gasteiger partial charge in [-0.3, -0.25) is 4.79 Å². The molecule has 3 aromatic rings. The maximum Gasteiger partial charge on any atom is 0.227 e. The van der Waals surface area contributed by atoms with E-state index in [0.717, 1.165) is 23.4 Å². The third-order valence-electron chi connectivity index (χ3n) is 4.61. The van der Waals surface area contributed by atoms with Crippen LogP contribution in [0.4, 0.5) is 10.1 Å². The summed E-state index contributed by atoms with van der Waals surface area (Å²) >= 11 is 0. The molecule has 0 spiro atoms. The van der Waals surface area contributed by atoms with E-state index in [0.29, 0.717) is 18.7 Å². The summed E-state index contributed by atoms with van der Waals surface area (Å²) in [7, 11) is 0. The predicted molar refractivity (Wildman–Crippen MR) is 91.5 cm³/mol. The van der Waals surface area contributed by atoms with Crippen LogP contribution in [0, 0.1) is 5.82 Å². The average Bonchev–Trinajstić information content (AvgIpc) is 3.15. The molecular weight excluding hydrogens is 305 g/mol. The smallest absolute Gasteiger partial charge is 0.227 e. The van der Waals surface area contributed by atoms with Crippen LogP contribution in [0.5, 0.6) is 0 Å². The molecule has 1 fully saturated rings. The third kappa shape index (κ3) is 2.37. The van der Waals surface area contributed by atoms with Crippen molar-refractivity contribution < 1.29 is 9.18 Å². The molecule has 2 aromatic carbocycles. The fourth-order valence-corrected chi connectivity index (χ4v) is 3.51. The van der Waals surface area contributed by atoms with Crippen molar-refractivity contribution in [2.24, 2.45) is 0 Å². The molecule has 0 aliphatic carbocycles. The Balaban J connectivity index is 1.70. The topological polar surface area (TPSA) is 38.1 Å². The second kappa shape index (κ2) is 5.74. The van der Waals surface area contributed by atoms with Gasteiger partial charge in [0.25, 0.3) is 0 Å². The quantitative estimate of drug-likeness (QED) is 0.737. The molecule has 1 aliphatic rings. The lowest BCUT2D eigenvalue weighted by atomic mass is 10.1. The number of hydrogen-bond acceptors (Lipinski definition) is 2. The van der Waals surface area contributed by atoms with E-state index < -0.39 is 0 Å². The van der Waals surface area contributed by atoms with Crippen LogP contribution in [-0.4, -0.2) is 22.0 Å². The highest BCUT2D eigenvalue weighted by Crippen LogP contribution is 2.33. The van der Waals surface area contributed by atoms with Gasteiger partial charge in [0.15, 0.2) is 0 Å². The summed E-state index contributed by atoms with van der Waals surface area (Å²) < 4.78 is 15.6. The molecule has 0 bridgehead atoms. The number of fused-ring (bicyclic) bond motifs is 1. The first-order chi connectivity index (χ1) is 11.7. The Morgan fingerprint density at radius 2 is 2.04 bits per heavy atom. The van der Waals surface area contributed by atoms with Crippen molar-refractivity contribution in [3.63, 3.8) is 0 Å². The van der Waals surface area contributed by atoms with Gasteiger partial charge in [0.05, 0.1) is 11.0 Å². The lowest BCUT2D eigenvalue weighted by molar-refractivity contribution is -0.117. The standard InChI is InChI=1S/C19H18FN3O/c1-2-22-17-9-4-3-8-16(17)21-19(22)13-10-18(24)23(12-13)15-7-5-6-14(20)11-15/h3-9,11,13H,2,10,12H2,1H3. The molecule has 0 saturated carbocycles. The summed E-state index contributed by atoms with van der Waals surface area (Å²) in [4.78, 5) is 18.9. The number of anilines is 1. The number of aryl methyl sites for hydroxylation is 1. The zero-order valence-electron chi connectivity index (χ0n) is 13.4. The van der Waals surface area contributed by atoms with E-state index in [1.807, 2.05) is 18.2 Å². The van der Waals surface area contributed by atoms with Crippen LogP contribution >= 0.6 is 0 Å². The minimum absolute atomic E-state index is 0.0142. The number of carbonyl (C=O) groups is 1. The van der Waals surface area contributed by atoms with Gasteiger partial charge in [-0.25, -0.2) is 9.37 Å². The molecule has 4 rings (SSSR count). The van der Waals surface area contributed by atoms with Crippen molar-refractivity contribution >= 4 is 22.6 Å². The highest BCUT2D eigenvalue weighted by molar-refractivity contribution is 5.96. The van der Waals surface area contributed by atoms with Gasteiger partial charge in [-0.1, -0.05) is 18.2 Å². The van der Waals surface area contributed by atoms with E-state index in [1.165, 1.54) is 12.1 Å². The largest absolute Gasteiger partial charge is 0.328 e. The number of halogens is 1. The molecular formula is C19H18FN3O. The highest BCUT2D eigenvalue weighted by Gasteiger charge is 2.34. The van der Waals surface area contributed by atoms with E-state index in [2.05, 4.69) is 17.6 Å². The van der Waals surface area contributed by atoms with Crippen molar-refractivity contribution in [2.45, 2.75) is 25.8 Å². The van der Waals surface area contributed by atoms with Gasteiger partial charge in [0.1, 0.15) is 11.6 Å². The van der Waals surface area contributed by atoms with Crippen LogP contribution in [0.2, 0.25) is 0 Å². The average molecular weight is 323 g/mol. The van der Waals surface area contributed by atoms with Gasteiger partial charge < -0.3 is 9.47 Å². The molecule has 1 atom stereocenters. The molecule has 1 aromatic heterocycles. The summed E-state index contributed by atoms with van der Waals surface area (Å²) in [5, 5.41) is 0. The number of hydrogen-bond donors (Lipinski definition) is 0. The van der Waals surface area contributed by atoms with E-state index in [1.54, 1.807) is 17.0 Å². The molecule has 1 aliphatic heterocycles. The van der Waals surface area contributed by atoms with Gasteiger partial charge >= 0.3 is 0 Å². The molecule has 122 valence electrons. The number of aromatic nitrogens is 2. The van der Waals surface area contributed by atoms with Crippen molar-refractivity contribution in [1.29, 1.82) is 0 Å². The fraction of sp³-hybridized carbons (Fsp3) is 0.263. The summed E-state index contributed by atoms with van der Waals surface area (Å²) in [6.07, 6.45) is 0.403. The van der Waals surface area contributed by atoms with Crippen molar-refractivity contribution in [1.82, 2.24) is 9.55 Å². The number of carbonyl (C=O) groups excluding carboxylic acids is 1. The molecule has 0 radical (unpaired) electrons. The Morgan fingerprint density at radius 1 is 1.21 bits per heavy atom. The molecule has 0 N–H and O–H groups in total. The van der Waals surface area contributed by atoms with Gasteiger partial charge in [-0.05, 0) is 37.3 Å². The molecule has 1 amide bonds. The Labute approximate surface area is 139 Å². The molecule has 1 unspecified atom stereocenters. The first kappa shape index (κ1) is 14.9. The number of rotatable bonds is 3. The van der Waals surface area contributed by atoms with Gasteiger partial charge in [0.2, 0.25) is 5.91 Å². The Morgan fingerprint density at radius 3 is 2.83 bits per heavy atom. The van der Waals surface area contributed by atoms with E-state index in [9.17, 15) is 9.18 Å². The van der Waals surface area contributed by atoms with Crippen LogP contribution in [-0.2, 0) is 11.3 Å². The molecule has 1 saturated heterocycles. The summed E-state index contributed by atoms with van der Waals surface area (Å²) in [5.41, 5.74) is 2.65. The first-order valence-electron chi connectivity index (χ1n) is 8.18. The Kier molecular flexibility index (Phi) is 3.56. The van der Waals surface area contributed by atoms with Crippen molar-refractivity contribution in [2.75, 3.05) is 11.4 Å². The van der Waals surface area contributed by atoms with E-state index in [4.69, 9.17) is 4.98 Å². The third-order valence-corrected chi connectivity index (χ3v) is 4.61. The maximum absolute atomic E-state index is 13.5. The van der Waals surface area contributed by atoms with Gasteiger partial charge in [0, 0.05) is 31.1 Å². The van der Waals surface area contributed by atoms with Crippen LogP contribution in [0.1, 0.15) is 25.1 Å². The molecule has 5 heteroatoms. The zero-order chi connectivity index (χ0) is 16.7. The lowest BCUT2D eigenvalue weighted by Gasteiger charge is -2.17. The molecule has 4 nitrogen and oxygen atoms in total. The van der Waals surface area contributed by atoms with Crippen LogP contribution < -0.4 is 4.90 Å². The number of amides is 1. The van der Waals surface area contributed by atoms with Crippen molar-refractivity contribution in [3.8, 4) is 0 Å². The van der Waals surface area contributed by atoms with Gasteiger partial charge in [-0.2, -0.15) is 0 Å². The molecule has 2 heterocycles. The van der Waals surface area contributed by atoms with Crippen LogP contribution in [0.15, 0.2) is 48.5 Å². The lowest BCUT2D eigenvalue weighted by Crippen LogP contribution is -2.24. The minimum atomic E-state index is -0.329. The SMILES string of the molecule is CCn1c(C2CC(=O)N(c3cccc(F)c3)C2)nc2ccccc21. The van der Waals surface area contributed by atoms with Crippen LogP contribution in [0.25, 0.3) is 11.0 Å². The molecule has 24 heavy (non-hydrogen) atoms. The summed E-state index contributed by atoms with van der Waals surface area (Å²) in [6.45, 7) is 3.42. The second-order valence-electron chi connectivity index (χ2n) is 6.09. The summed E-state index contributed by atoms with van der Waals surface area (Å²) in [5.74, 6) is 0.643. The number of nitrogens with zero attached hydrogens (tertiary/aromatic N) is 3. The number of para-hydroxylation sites is 2.